The fourth-order valence-corrected chi connectivity index (χ4v) is 3.33. The smallest absolute Gasteiger partial charge is 0.0505 e. The van der Waals surface area contributed by atoms with Crippen LogP contribution in [0.3, 0.4) is 0 Å². The predicted molar refractivity (Wildman–Crippen MR) is 87.9 cm³/mol. The maximum absolute atomic E-state index is 6.46. The van der Waals surface area contributed by atoms with Crippen LogP contribution in [0, 0.1) is 5.92 Å². The molecule has 104 valence electrons. The molecule has 0 bridgehead atoms. The van der Waals surface area contributed by atoms with Crippen molar-refractivity contribution in [1.29, 1.82) is 0 Å². The molecule has 0 saturated carbocycles. The summed E-state index contributed by atoms with van der Waals surface area (Å²) in [6, 6.07) is 14.0. The van der Waals surface area contributed by atoms with E-state index in [1.165, 1.54) is 12.1 Å². The zero-order valence-electron chi connectivity index (χ0n) is 11.4. The molecule has 2 aromatic carbocycles. The minimum absolute atomic E-state index is 0.737. The van der Waals surface area contributed by atoms with Crippen LogP contribution in [0.25, 0.3) is 11.1 Å². The highest BCUT2D eigenvalue weighted by atomic mass is 35.5. The van der Waals surface area contributed by atoms with Gasteiger partial charge in [-0.05, 0) is 42.2 Å². The maximum atomic E-state index is 6.46. The molecule has 1 unspecified atom stereocenters. The summed E-state index contributed by atoms with van der Waals surface area (Å²) in [4.78, 5) is 2.42. The first kappa shape index (κ1) is 13.8. The van der Waals surface area contributed by atoms with Gasteiger partial charge in [0.05, 0.1) is 5.02 Å². The van der Waals surface area contributed by atoms with Gasteiger partial charge in [0.15, 0.2) is 0 Å². The van der Waals surface area contributed by atoms with Crippen LogP contribution in [0.15, 0.2) is 42.5 Å². The third-order valence-corrected chi connectivity index (χ3v) is 4.42. The van der Waals surface area contributed by atoms with Gasteiger partial charge < -0.3 is 4.90 Å². The molecule has 1 nitrogen and oxygen atoms in total. The van der Waals surface area contributed by atoms with Gasteiger partial charge in [-0.2, -0.15) is 0 Å². The lowest BCUT2D eigenvalue weighted by Gasteiger charge is -2.23. The number of hydrogen-bond donors (Lipinski definition) is 0. The summed E-state index contributed by atoms with van der Waals surface area (Å²) in [7, 11) is 0. The molecule has 1 atom stereocenters. The van der Waals surface area contributed by atoms with E-state index in [2.05, 4.69) is 24.0 Å². The Morgan fingerprint density at radius 1 is 1.10 bits per heavy atom. The Morgan fingerprint density at radius 3 is 2.60 bits per heavy atom. The van der Waals surface area contributed by atoms with E-state index in [4.69, 9.17) is 23.2 Å². The lowest BCUT2D eigenvalue weighted by atomic mass is 10.0. The summed E-state index contributed by atoms with van der Waals surface area (Å²) in [6.07, 6.45) is 1.24. The molecule has 3 heteroatoms. The molecule has 1 fully saturated rings. The third kappa shape index (κ3) is 2.65. The van der Waals surface area contributed by atoms with E-state index in [0.29, 0.717) is 0 Å². The molecule has 1 heterocycles. The minimum atomic E-state index is 0.737. The van der Waals surface area contributed by atoms with Gasteiger partial charge in [-0.25, -0.2) is 0 Å². The normalized spacial score (nSPS) is 18.6. The fraction of sp³-hybridized carbons (Fsp3) is 0.294. The summed E-state index contributed by atoms with van der Waals surface area (Å²) < 4.78 is 0. The molecule has 0 amide bonds. The largest absolute Gasteiger partial charge is 0.371 e. The number of benzene rings is 2. The molecular weight excluding hydrogens is 289 g/mol. The molecule has 3 rings (SSSR count). The summed E-state index contributed by atoms with van der Waals surface area (Å²) in [5, 5.41) is 1.52. The summed E-state index contributed by atoms with van der Waals surface area (Å²) in [6.45, 7) is 4.48. The Hall–Kier alpha value is -1.18. The number of halogens is 2. The first-order chi connectivity index (χ1) is 9.65. The molecule has 2 aromatic rings. The predicted octanol–water partition coefficient (Wildman–Crippen LogP) is 5.51. The van der Waals surface area contributed by atoms with Crippen LogP contribution in [0.4, 0.5) is 5.69 Å². The molecule has 20 heavy (non-hydrogen) atoms. The average molecular weight is 306 g/mol. The van der Waals surface area contributed by atoms with E-state index in [9.17, 15) is 0 Å². The number of nitrogens with zero attached hydrogens (tertiary/aromatic N) is 1. The van der Waals surface area contributed by atoms with E-state index < -0.39 is 0 Å². The van der Waals surface area contributed by atoms with Crippen LogP contribution in [0.1, 0.15) is 13.3 Å². The second kappa shape index (κ2) is 5.67. The van der Waals surface area contributed by atoms with Crippen molar-refractivity contribution in [2.75, 3.05) is 18.0 Å². The average Bonchev–Trinajstić information content (AvgIpc) is 2.85. The highest BCUT2D eigenvalue weighted by Crippen LogP contribution is 2.39. The topological polar surface area (TPSA) is 3.24 Å². The first-order valence-electron chi connectivity index (χ1n) is 6.94. The zero-order valence-corrected chi connectivity index (χ0v) is 13.0. The van der Waals surface area contributed by atoms with Gasteiger partial charge in [0.1, 0.15) is 0 Å². The number of rotatable bonds is 2. The highest BCUT2D eigenvalue weighted by molar-refractivity contribution is 6.34. The third-order valence-electron chi connectivity index (χ3n) is 3.87. The Morgan fingerprint density at radius 2 is 1.90 bits per heavy atom. The van der Waals surface area contributed by atoms with E-state index in [0.717, 1.165) is 40.2 Å². The van der Waals surface area contributed by atoms with Gasteiger partial charge in [-0.1, -0.05) is 48.3 Å². The van der Waals surface area contributed by atoms with Crippen molar-refractivity contribution in [3.63, 3.8) is 0 Å². The molecule has 0 N–H and O–H groups in total. The van der Waals surface area contributed by atoms with E-state index in [1.54, 1.807) is 0 Å². The van der Waals surface area contributed by atoms with E-state index in [1.807, 2.05) is 30.3 Å². The van der Waals surface area contributed by atoms with Gasteiger partial charge in [0, 0.05) is 29.4 Å². The highest BCUT2D eigenvalue weighted by Gasteiger charge is 2.22. The van der Waals surface area contributed by atoms with Crippen molar-refractivity contribution in [2.24, 2.45) is 5.92 Å². The second-order valence-electron chi connectivity index (χ2n) is 5.48. The number of hydrogen-bond acceptors (Lipinski definition) is 1. The molecule has 0 aliphatic carbocycles. The van der Waals surface area contributed by atoms with Crippen LogP contribution >= 0.6 is 23.2 Å². The molecular formula is C17H17Cl2N. The van der Waals surface area contributed by atoms with Crippen LogP contribution in [-0.2, 0) is 0 Å². The standard InChI is InChI=1S/C17H17Cl2N/c1-12-8-9-20(11-12)16-7-3-6-15(19)17(16)13-4-2-5-14(18)10-13/h2-7,10,12H,8-9,11H2,1H3. The number of anilines is 1. The Bertz CT molecular complexity index is 624. The Balaban J connectivity index is 2.10. The lowest BCUT2D eigenvalue weighted by molar-refractivity contribution is 0.659. The molecule has 0 aromatic heterocycles. The van der Waals surface area contributed by atoms with Gasteiger partial charge >= 0.3 is 0 Å². The van der Waals surface area contributed by atoms with E-state index >= 15 is 0 Å². The maximum Gasteiger partial charge on any atom is 0.0505 e. The molecule has 1 aliphatic rings. The van der Waals surface area contributed by atoms with Crippen LogP contribution < -0.4 is 4.90 Å². The van der Waals surface area contributed by atoms with E-state index in [-0.39, 0.29) is 0 Å². The van der Waals surface area contributed by atoms with Crippen molar-refractivity contribution < 1.29 is 0 Å². The SMILES string of the molecule is CC1CCN(c2cccc(Cl)c2-c2cccc(Cl)c2)C1. The van der Waals surface area contributed by atoms with Crippen molar-refractivity contribution in [2.45, 2.75) is 13.3 Å². The molecule has 1 aliphatic heterocycles. The Labute approximate surface area is 130 Å². The van der Waals surface area contributed by atoms with Crippen molar-refractivity contribution >= 4 is 28.9 Å². The van der Waals surface area contributed by atoms with Gasteiger partial charge in [0.25, 0.3) is 0 Å². The van der Waals surface area contributed by atoms with Crippen LogP contribution in [0.5, 0.6) is 0 Å². The van der Waals surface area contributed by atoms with Crippen molar-refractivity contribution in [3.05, 3.63) is 52.5 Å². The van der Waals surface area contributed by atoms with Crippen LogP contribution in [-0.4, -0.2) is 13.1 Å². The minimum Gasteiger partial charge on any atom is -0.371 e. The van der Waals surface area contributed by atoms with Crippen molar-refractivity contribution in [1.82, 2.24) is 0 Å². The molecule has 0 radical (unpaired) electrons. The van der Waals surface area contributed by atoms with Gasteiger partial charge in [-0.3, -0.25) is 0 Å². The van der Waals surface area contributed by atoms with Crippen LogP contribution in [0.2, 0.25) is 10.0 Å². The summed E-state index contributed by atoms with van der Waals surface area (Å²) in [5.74, 6) is 0.737. The summed E-state index contributed by atoms with van der Waals surface area (Å²) in [5.41, 5.74) is 3.38. The second-order valence-corrected chi connectivity index (χ2v) is 6.33. The summed E-state index contributed by atoms with van der Waals surface area (Å²) >= 11 is 12.6. The Kier molecular flexibility index (Phi) is 3.91. The van der Waals surface area contributed by atoms with Gasteiger partial charge in [-0.15, -0.1) is 0 Å². The van der Waals surface area contributed by atoms with Crippen molar-refractivity contribution in [3.8, 4) is 11.1 Å². The zero-order chi connectivity index (χ0) is 14.1. The van der Waals surface area contributed by atoms with Gasteiger partial charge in [0.2, 0.25) is 0 Å². The fourth-order valence-electron chi connectivity index (χ4n) is 2.86. The molecule has 1 saturated heterocycles. The first-order valence-corrected chi connectivity index (χ1v) is 7.70. The quantitative estimate of drug-likeness (QED) is 0.707. The lowest BCUT2D eigenvalue weighted by Crippen LogP contribution is -2.19. The molecule has 0 spiro atoms. The monoisotopic (exact) mass is 305 g/mol.